The lowest BCUT2D eigenvalue weighted by Gasteiger charge is -2.29. The number of allylic oxidation sites excluding steroid dienone is 3. The van der Waals surface area contributed by atoms with Gasteiger partial charge in [-0.2, -0.15) is 0 Å². The van der Waals surface area contributed by atoms with Gasteiger partial charge >= 0.3 is 0 Å². The number of rotatable bonds is 16. The Kier molecular flexibility index (Phi) is 13.9. The highest BCUT2D eigenvalue weighted by Gasteiger charge is 2.42. The van der Waals surface area contributed by atoms with Crippen LogP contribution in [0.4, 0.5) is 0 Å². The quantitative estimate of drug-likeness (QED) is 0.206. The summed E-state index contributed by atoms with van der Waals surface area (Å²) in [4.78, 5) is 24.2. The Labute approximate surface area is 223 Å². The van der Waals surface area contributed by atoms with Gasteiger partial charge in [0.15, 0.2) is 12.6 Å². The fourth-order valence-electron chi connectivity index (χ4n) is 5.49. The molecular formula is C30H49NO6. The summed E-state index contributed by atoms with van der Waals surface area (Å²) in [5.74, 6) is -0.182. The molecule has 37 heavy (non-hydrogen) atoms. The highest BCUT2D eigenvalue weighted by Crippen LogP contribution is 2.37. The Bertz CT molecular complexity index is 726. The van der Waals surface area contributed by atoms with Crippen LogP contribution in [0.25, 0.3) is 0 Å². The van der Waals surface area contributed by atoms with Crippen molar-refractivity contribution in [2.75, 3.05) is 13.2 Å². The first kappa shape index (κ1) is 30.0. The molecule has 3 aliphatic rings. The number of unbranched alkanes of at least 4 members (excludes halogenated alkanes) is 3. The van der Waals surface area contributed by atoms with E-state index in [2.05, 4.69) is 31.2 Å². The second-order valence-corrected chi connectivity index (χ2v) is 10.7. The zero-order chi connectivity index (χ0) is 26.3. The van der Waals surface area contributed by atoms with E-state index in [0.29, 0.717) is 12.8 Å². The normalized spacial score (nSPS) is 29.9. The van der Waals surface area contributed by atoms with Gasteiger partial charge in [0.2, 0.25) is 5.91 Å². The summed E-state index contributed by atoms with van der Waals surface area (Å²) < 4.78 is 24.4. The van der Waals surface area contributed by atoms with Gasteiger partial charge in [0, 0.05) is 37.9 Å². The van der Waals surface area contributed by atoms with E-state index in [1.807, 2.05) is 0 Å². The molecule has 0 radical (unpaired) electrons. The van der Waals surface area contributed by atoms with Crippen molar-refractivity contribution in [1.29, 1.82) is 0 Å². The van der Waals surface area contributed by atoms with E-state index in [9.17, 15) is 9.59 Å². The third kappa shape index (κ3) is 11.0. The van der Waals surface area contributed by atoms with E-state index in [1.54, 1.807) is 0 Å². The molecule has 0 aromatic heterocycles. The van der Waals surface area contributed by atoms with Gasteiger partial charge in [-0.1, -0.05) is 50.5 Å². The Morgan fingerprint density at radius 3 is 2.49 bits per heavy atom. The van der Waals surface area contributed by atoms with Crippen molar-refractivity contribution in [3.05, 3.63) is 24.3 Å². The number of ketones is 1. The Balaban J connectivity index is 1.65. The van der Waals surface area contributed by atoms with Crippen LogP contribution < -0.4 is 5.73 Å². The fourth-order valence-corrected chi connectivity index (χ4v) is 5.49. The van der Waals surface area contributed by atoms with Crippen LogP contribution in [0.15, 0.2) is 24.3 Å². The van der Waals surface area contributed by atoms with Crippen LogP contribution in [0.5, 0.6) is 0 Å². The molecule has 6 atom stereocenters. The summed E-state index contributed by atoms with van der Waals surface area (Å²) in [6, 6.07) is 0. The van der Waals surface area contributed by atoms with Gasteiger partial charge in [-0.3, -0.25) is 9.59 Å². The molecule has 210 valence electrons. The smallest absolute Gasteiger partial charge is 0.217 e. The van der Waals surface area contributed by atoms with Crippen LogP contribution >= 0.6 is 0 Å². The zero-order valence-corrected chi connectivity index (χ0v) is 22.8. The highest BCUT2D eigenvalue weighted by atomic mass is 16.7. The van der Waals surface area contributed by atoms with E-state index in [0.717, 1.165) is 90.3 Å². The minimum Gasteiger partial charge on any atom is -0.370 e. The van der Waals surface area contributed by atoms with E-state index in [1.165, 1.54) is 6.42 Å². The summed E-state index contributed by atoms with van der Waals surface area (Å²) in [7, 11) is 0. The van der Waals surface area contributed by atoms with Crippen LogP contribution in [-0.4, -0.2) is 49.7 Å². The maximum Gasteiger partial charge on any atom is 0.217 e. The van der Waals surface area contributed by atoms with E-state index >= 15 is 0 Å². The van der Waals surface area contributed by atoms with Crippen LogP contribution in [0.1, 0.15) is 103 Å². The number of hydrogen-bond donors (Lipinski definition) is 1. The van der Waals surface area contributed by atoms with E-state index < -0.39 is 0 Å². The van der Waals surface area contributed by atoms with Gasteiger partial charge in [-0.15, -0.1) is 0 Å². The van der Waals surface area contributed by atoms with Gasteiger partial charge in [0.1, 0.15) is 5.78 Å². The number of Topliss-reactive ketones (excluding diaryl/α,β-unsaturated/α-hetero) is 1. The molecule has 2 aliphatic heterocycles. The van der Waals surface area contributed by atoms with Crippen molar-refractivity contribution < 1.29 is 28.5 Å². The zero-order valence-electron chi connectivity index (χ0n) is 22.8. The molecule has 3 fully saturated rings. The van der Waals surface area contributed by atoms with Crippen LogP contribution in [0, 0.1) is 11.8 Å². The van der Waals surface area contributed by atoms with E-state index in [4.69, 9.17) is 24.7 Å². The van der Waals surface area contributed by atoms with Crippen LogP contribution in [0.2, 0.25) is 0 Å². The van der Waals surface area contributed by atoms with E-state index in [-0.39, 0.29) is 48.3 Å². The third-order valence-electron chi connectivity index (χ3n) is 7.64. The molecular weight excluding hydrogens is 470 g/mol. The maximum absolute atomic E-state index is 13.2. The highest BCUT2D eigenvalue weighted by molar-refractivity contribution is 5.86. The first-order valence-electron chi connectivity index (χ1n) is 14.7. The maximum atomic E-state index is 13.2. The van der Waals surface area contributed by atoms with Gasteiger partial charge in [-0.25, -0.2) is 0 Å². The number of nitrogens with two attached hydrogens (primary N) is 1. The molecule has 2 heterocycles. The van der Waals surface area contributed by atoms with Gasteiger partial charge in [-0.05, 0) is 64.2 Å². The minimum absolute atomic E-state index is 0.0471. The molecule has 2 N–H and O–H groups in total. The fraction of sp³-hybridized carbons (Fsp3) is 0.800. The lowest BCUT2D eigenvalue weighted by atomic mass is 9.89. The number of hydrogen-bond acceptors (Lipinski definition) is 6. The first-order chi connectivity index (χ1) is 18.1. The second-order valence-electron chi connectivity index (χ2n) is 10.7. The Morgan fingerprint density at radius 1 is 1.05 bits per heavy atom. The SMILES string of the molecule is CCCCC[C@@H](/C=C/[C@H]1C(=O)C[C@H](OC2CCCCO2)[C@@H]1C/C=C\CCCC(N)=O)OC1CCCCO1. The summed E-state index contributed by atoms with van der Waals surface area (Å²) in [6.45, 7) is 3.68. The lowest BCUT2D eigenvalue weighted by Crippen LogP contribution is -2.31. The molecule has 0 bridgehead atoms. The summed E-state index contributed by atoms with van der Waals surface area (Å²) >= 11 is 0. The Morgan fingerprint density at radius 2 is 1.81 bits per heavy atom. The van der Waals surface area contributed by atoms with Crippen molar-refractivity contribution in [2.45, 2.75) is 128 Å². The monoisotopic (exact) mass is 519 g/mol. The van der Waals surface area contributed by atoms with Crippen molar-refractivity contribution in [1.82, 2.24) is 0 Å². The summed E-state index contributed by atoms with van der Waals surface area (Å²) in [6.07, 6.45) is 21.5. The average molecular weight is 520 g/mol. The Hall–Kier alpha value is -1.54. The molecule has 2 saturated heterocycles. The third-order valence-corrected chi connectivity index (χ3v) is 7.64. The van der Waals surface area contributed by atoms with Crippen LogP contribution in [-0.2, 0) is 28.5 Å². The van der Waals surface area contributed by atoms with Crippen molar-refractivity contribution in [3.63, 3.8) is 0 Å². The summed E-state index contributed by atoms with van der Waals surface area (Å²) in [5, 5.41) is 0. The van der Waals surface area contributed by atoms with Crippen LogP contribution in [0.3, 0.4) is 0 Å². The summed E-state index contributed by atoms with van der Waals surface area (Å²) in [5.41, 5.74) is 5.25. The molecule has 1 amide bonds. The lowest BCUT2D eigenvalue weighted by molar-refractivity contribution is -0.195. The van der Waals surface area contributed by atoms with Gasteiger partial charge in [0.05, 0.1) is 12.2 Å². The molecule has 0 aromatic rings. The standard InChI is InChI=1S/C30H49NO6/c1-2-3-6-13-23(36-29-16-9-11-20-34-29)18-19-24-25(14-7-4-5-8-15-28(31)33)27(22-26(24)32)37-30-17-10-12-21-35-30/h4,7,18-19,23-25,27,29-30H,2-3,5-6,8-17,20-22H2,1H3,(H2,31,33)/b7-4-,19-18+/t23-,24+,25+,27-,29?,30?/m0/s1. The second kappa shape index (κ2) is 17.1. The van der Waals surface area contributed by atoms with Gasteiger partial charge in [0.25, 0.3) is 0 Å². The molecule has 1 saturated carbocycles. The number of primary amides is 1. The van der Waals surface area contributed by atoms with Crippen molar-refractivity contribution >= 4 is 11.7 Å². The molecule has 3 rings (SSSR count). The van der Waals surface area contributed by atoms with Gasteiger partial charge < -0.3 is 24.7 Å². The molecule has 7 nitrogen and oxygen atoms in total. The average Bonchev–Trinajstić information content (AvgIpc) is 3.19. The number of carbonyl (C=O) groups excluding carboxylic acids is 2. The van der Waals surface area contributed by atoms with Crippen molar-refractivity contribution in [2.24, 2.45) is 17.6 Å². The molecule has 0 aromatic carbocycles. The molecule has 0 spiro atoms. The largest absolute Gasteiger partial charge is 0.370 e. The first-order valence-corrected chi connectivity index (χ1v) is 14.7. The minimum atomic E-state index is -0.268. The predicted octanol–water partition coefficient (Wildman–Crippen LogP) is 5.75. The van der Waals surface area contributed by atoms with Crippen molar-refractivity contribution in [3.8, 4) is 0 Å². The molecule has 1 aliphatic carbocycles. The number of carbonyl (C=O) groups is 2. The molecule has 7 heteroatoms. The molecule has 2 unspecified atom stereocenters. The number of amides is 1. The topological polar surface area (TPSA) is 97.1 Å². The number of ether oxygens (including phenoxy) is 4. The predicted molar refractivity (Wildman–Crippen MR) is 144 cm³/mol.